The van der Waals surface area contributed by atoms with E-state index in [1.807, 2.05) is 12.1 Å². The molecule has 1 aliphatic heterocycles. The smallest absolute Gasteiger partial charge is 0.249 e. The number of anilines is 1. The van der Waals surface area contributed by atoms with Crippen LogP contribution in [-0.2, 0) is 10.0 Å². The normalized spacial score (nSPS) is 22.1. The van der Waals surface area contributed by atoms with Crippen molar-refractivity contribution in [2.75, 3.05) is 4.90 Å². The Labute approximate surface area is 122 Å². The van der Waals surface area contributed by atoms with E-state index in [0.717, 1.165) is 11.3 Å². The summed E-state index contributed by atoms with van der Waals surface area (Å²) in [6.45, 7) is 4.20. The molecule has 5 nitrogen and oxygen atoms in total. The van der Waals surface area contributed by atoms with Gasteiger partial charge in [0.25, 0.3) is 0 Å². The van der Waals surface area contributed by atoms with Crippen LogP contribution in [0, 0.1) is 0 Å². The summed E-state index contributed by atoms with van der Waals surface area (Å²) >= 11 is 1.12. The molecule has 2 atom stereocenters. The van der Waals surface area contributed by atoms with Crippen molar-refractivity contribution in [2.45, 2.75) is 30.1 Å². The maximum Gasteiger partial charge on any atom is 0.249 e. The number of sulfonamides is 1. The molecule has 0 bridgehead atoms. The minimum Gasteiger partial charge on any atom is -0.335 e. The Morgan fingerprint density at radius 1 is 1.20 bits per heavy atom. The highest BCUT2D eigenvalue weighted by Crippen LogP contribution is 2.45. The van der Waals surface area contributed by atoms with Gasteiger partial charge in [-0.15, -0.1) is 0 Å². The largest absolute Gasteiger partial charge is 0.335 e. The molecule has 2 heterocycles. The van der Waals surface area contributed by atoms with Gasteiger partial charge in [0, 0.05) is 0 Å². The SMILES string of the molecule is C[C@H]1c2ccccc2[C@H](C)N1c1ncc(S(N)(=O)=O)s1. The van der Waals surface area contributed by atoms with Crippen LogP contribution in [0.5, 0.6) is 0 Å². The fourth-order valence-corrected chi connectivity index (χ4v) is 4.44. The predicted molar refractivity (Wildman–Crippen MR) is 79.2 cm³/mol. The summed E-state index contributed by atoms with van der Waals surface area (Å²) in [7, 11) is -3.68. The first-order valence-electron chi connectivity index (χ1n) is 6.25. The van der Waals surface area contributed by atoms with Crippen molar-refractivity contribution in [3.05, 3.63) is 41.6 Å². The molecule has 20 heavy (non-hydrogen) atoms. The monoisotopic (exact) mass is 309 g/mol. The molecule has 0 saturated heterocycles. The van der Waals surface area contributed by atoms with Gasteiger partial charge >= 0.3 is 0 Å². The molecular weight excluding hydrogens is 294 g/mol. The highest BCUT2D eigenvalue weighted by Gasteiger charge is 2.34. The lowest BCUT2D eigenvalue weighted by molar-refractivity contribution is 0.599. The zero-order valence-electron chi connectivity index (χ0n) is 11.1. The molecule has 1 aromatic carbocycles. The van der Waals surface area contributed by atoms with E-state index in [1.54, 1.807) is 0 Å². The number of hydrogen-bond acceptors (Lipinski definition) is 5. The Balaban J connectivity index is 2.03. The number of nitrogens with zero attached hydrogens (tertiary/aromatic N) is 2. The lowest BCUT2D eigenvalue weighted by Gasteiger charge is -2.25. The van der Waals surface area contributed by atoms with Gasteiger partial charge < -0.3 is 4.90 Å². The maximum atomic E-state index is 11.4. The van der Waals surface area contributed by atoms with E-state index in [2.05, 4.69) is 35.9 Å². The Bertz CT molecular complexity index is 725. The number of benzene rings is 1. The Morgan fingerprint density at radius 2 is 1.75 bits per heavy atom. The molecule has 0 spiro atoms. The Kier molecular flexibility index (Phi) is 3.07. The third kappa shape index (κ3) is 2.02. The van der Waals surface area contributed by atoms with Gasteiger partial charge in [0.1, 0.15) is 0 Å². The molecule has 106 valence electrons. The molecule has 1 aromatic heterocycles. The van der Waals surface area contributed by atoms with Crippen LogP contribution in [-0.4, -0.2) is 13.4 Å². The summed E-state index contributed by atoms with van der Waals surface area (Å²) in [5.41, 5.74) is 2.51. The van der Waals surface area contributed by atoms with Gasteiger partial charge in [-0.2, -0.15) is 0 Å². The number of nitrogens with two attached hydrogens (primary N) is 1. The average molecular weight is 309 g/mol. The summed E-state index contributed by atoms with van der Waals surface area (Å²) in [5.74, 6) is 0. The van der Waals surface area contributed by atoms with Crippen molar-refractivity contribution in [1.82, 2.24) is 4.98 Å². The van der Waals surface area contributed by atoms with Crippen LogP contribution in [0.4, 0.5) is 5.13 Å². The molecule has 0 aliphatic carbocycles. The average Bonchev–Trinajstić information content (AvgIpc) is 2.95. The highest BCUT2D eigenvalue weighted by atomic mass is 32.2. The number of aromatic nitrogens is 1. The summed E-state index contributed by atoms with van der Waals surface area (Å²) in [6.07, 6.45) is 1.33. The van der Waals surface area contributed by atoms with E-state index < -0.39 is 10.0 Å². The number of hydrogen-bond donors (Lipinski definition) is 1. The van der Waals surface area contributed by atoms with Gasteiger partial charge in [-0.3, -0.25) is 0 Å². The molecule has 2 aromatic rings. The van der Waals surface area contributed by atoms with E-state index in [4.69, 9.17) is 5.14 Å². The van der Waals surface area contributed by atoms with Crippen molar-refractivity contribution >= 4 is 26.5 Å². The molecule has 3 rings (SSSR count). The lowest BCUT2D eigenvalue weighted by Crippen LogP contribution is -2.22. The molecule has 0 radical (unpaired) electrons. The zero-order valence-corrected chi connectivity index (χ0v) is 12.8. The Morgan fingerprint density at radius 3 is 2.20 bits per heavy atom. The number of rotatable bonds is 2. The minimum atomic E-state index is -3.68. The molecule has 0 saturated carbocycles. The molecule has 0 unspecified atom stereocenters. The highest BCUT2D eigenvalue weighted by molar-refractivity contribution is 7.91. The maximum absolute atomic E-state index is 11.4. The number of fused-ring (bicyclic) bond motifs is 1. The number of primary sulfonamides is 1. The molecule has 0 fully saturated rings. The van der Waals surface area contributed by atoms with Crippen LogP contribution in [0.1, 0.15) is 37.1 Å². The first-order valence-corrected chi connectivity index (χ1v) is 8.61. The van der Waals surface area contributed by atoms with E-state index >= 15 is 0 Å². The van der Waals surface area contributed by atoms with E-state index in [1.165, 1.54) is 17.3 Å². The number of thiazole rings is 1. The minimum absolute atomic E-state index is 0.0999. The topological polar surface area (TPSA) is 76.3 Å². The van der Waals surface area contributed by atoms with Gasteiger partial charge in [-0.1, -0.05) is 35.6 Å². The van der Waals surface area contributed by atoms with Crippen molar-refractivity contribution < 1.29 is 8.42 Å². The van der Waals surface area contributed by atoms with Crippen LogP contribution in [0.15, 0.2) is 34.7 Å². The Hall–Kier alpha value is -1.44. The second-order valence-corrected chi connectivity index (χ2v) is 7.69. The lowest BCUT2D eigenvalue weighted by atomic mass is 10.0. The van der Waals surface area contributed by atoms with Crippen molar-refractivity contribution in [3.8, 4) is 0 Å². The van der Waals surface area contributed by atoms with Gasteiger partial charge in [-0.05, 0) is 25.0 Å². The predicted octanol–water partition coefficient (Wildman–Crippen LogP) is 2.43. The van der Waals surface area contributed by atoms with Gasteiger partial charge in [0.2, 0.25) is 10.0 Å². The van der Waals surface area contributed by atoms with Gasteiger partial charge in [-0.25, -0.2) is 18.5 Å². The van der Waals surface area contributed by atoms with E-state index in [9.17, 15) is 8.42 Å². The van der Waals surface area contributed by atoms with E-state index in [-0.39, 0.29) is 16.3 Å². The second kappa shape index (κ2) is 4.54. The van der Waals surface area contributed by atoms with Gasteiger partial charge in [0.05, 0.1) is 18.3 Å². The van der Waals surface area contributed by atoms with Crippen LogP contribution >= 0.6 is 11.3 Å². The van der Waals surface area contributed by atoms with Crippen LogP contribution < -0.4 is 10.0 Å². The van der Waals surface area contributed by atoms with Crippen molar-refractivity contribution in [2.24, 2.45) is 5.14 Å². The van der Waals surface area contributed by atoms with Crippen LogP contribution in [0.3, 0.4) is 0 Å². The summed E-state index contributed by atoms with van der Waals surface area (Å²) in [4.78, 5) is 6.36. The van der Waals surface area contributed by atoms with Crippen molar-refractivity contribution in [1.29, 1.82) is 0 Å². The third-order valence-electron chi connectivity index (χ3n) is 3.70. The van der Waals surface area contributed by atoms with E-state index in [0.29, 0.717) is 5.13 Å². The summed E-state index contributed by atoms with van der Waals surface area (Å²) < 4.78 is 22.8. The fourth-order valence-electron chi connectivity index (χ4n) is 2.74. The summed E-state index contributed by atoms with van der Waals surface area (Å²) in [6, 6.07) is 8.57. The molecular formula is C13H15N3O2S2. The van der Waals surface area contributed by atoms with Crippen LogP contribution in [0.2, 0.25) is 0 Å². The zero-order chi connectivity index (χ0) is 14.5. The summed E-state index contributed by atoms with van der Waals surface area (Å²) in [5, 5.41) is 5.83. The first kappa shape index (κ1) is 13.5. The second-order valence-electron chi connectivity index (χ2n) is 4.90. The van der Waals surface area contributed by atoms with Crippen molar-refractivity contribution in [3.63, 3.8) is 0 Å². The molecule has 1 aliphatic rings. The third-order valence-corrected chi connectivity index (χ3v) is 6.12. The van der Waals surface area contributed by atoms with Gasteiger partial charge in [0.15, 0.2) is 9.34 Å². The fraction of sp³-hybridized carbons (Fsp3) is 0.308. The molecule has 2 N–H and O–H groups in total. The quantitative estimate of drug-likeness (QED) is 0.924. The van der Waals surface area contributed by atoms with Crippen LogP contribution in [0.25, 0.3) is 0 Å². The molecule has 7 heteroatoms. The first-order chi connectivity index (χ1) is 9.39. The standard InChI is InChI=1S/C13H15N3O2S2/c1-8-10-5-3-4-6-11(10)9(2)16(8)13-15-7-12(19-13)20(14,17)18/h3-9H,1-2H3,(H2,14,17,18)/t8-,9-/m0/s1. The molecule has 0 amide bonds.